The van der Waals surface area contributed by atoms with Gasteiger partial charge in [0.15, 0.2) is 5.82 Å². The van der Waals surface area contributed by atoms with E-state index in [1.165, 1.54) is 5.56 Å². The second-order valence-corrected chi connectivity index (χ2v) is 8.03. The number of hydrogen-bond acceptors (Lipinski definition) is 4. The topological polar surface area (TPSA) is 54.3 Å². The Bertz CT molecular complexity index is 970. The van der Waals surface area contributed by atoms with Gasteiger partial charge in [-0.1, -0.05) is 43.3 Å². The number of aryl methyl sites for hydroxylation is 1. The molecule has 0 spiro atoms. The second-order valence-electron chi connectivity index (χ2n) is 8.03. The van der Waals surface area contributed by atoms with Crippen molar-refractivity contribution in [3.63, 3.8) is 0 Å². The molecule has 6 nitrogen and oxygen atoms in total. The largest absolute Gasteiger partial charge is 0.337 e. The van der Waals surface area contributed by atoms with Gasteiger partial charge in [0.1, 0.15) is 0 Å². The van der Waals surface area contributed by atoms with Crippen LogP contribution in [0.3, 0.4) is 0 Å². The Balaban J connectivity index is 1.36. The average molecular weight is 418 g/mol. The fourth-order valence-corrected chi connectivity index (χ4v) is 4.29. The quantitative estimate of drug-likeness (QED) is 0.589. The van der Waals surface area contributed by atoms with Crippen LogP contribution in [0.25, 0.3) is 5.82 Å². The lowest BCUT2D eigenvalue weighted by atomic mass is 10.1. The van der Waals surface area contributed by atoms with Crippen molar-refractivity contribution in [1.29, 1.82) is 0 Å². The standard InChI is InChI=1S/C25H31N5O/c1-2-23-22(20-27-30(23)24-13-6-7-14-26-24)25(31)29-17-9-16-28(18-19-29)15-8-12-21-10-4-3-5-11-21/h3-7,10-11,13-14,20H,2,8-9,12,15-19H2,1H3. The molecule has 0 atom stereocenters. The first-order chi connectivity index (χ1) is 15.3. The molecule has 0 aliphatic carbocycles. The maximum atomic E-state index is 13.3. The summed E-state index contributed by atoms with van der Waals surface area (Å²) >= 11 is 0. The lowest BCUT2D eigenvalue weighted by molar-refractivity contribution is 0.0760. The van der Waals surface area contributed by atoms with Crippen molar-refractivity contribution in [2.45, 2.75) is 32.6 Å². The average Bonchev–Trinajstić information content (AvgIpc) is 3.11. The molecular formula is C25H31N5O. The minimum Gasteiger partial charge on any atom is -0.337 e. The van der Waals surface area contributed by atoms with E-state index in [0.717, 1.165) is 69.9 Å². The predicted octanol–water partition coefficient (Wildman–Crippen LogP) is 3.61. The maximum absolute atomic E-state index is 13.3. The number of nitrogens with zero attached hydrogens (tertiary/aromatic N) is 5. The normalized spacial score (nSPS) is 15.1. The number of pyridine rings is 1. The molecule has 3 aromatic rings. The second kappa shape index (κ2) is 10.4. The van der Waals surface area contributed by atoms with E-state index >= 15 is 0 Å². The minimum atomic E-state index is 0.0881. The highest BCUT2D eigenvalue weighted by molar-refractivity contribution is 5.95. The van der Waals surface area contributed by atoms with Crippen molar-refractivity contribution in [3.05, 3.63) is 77.7 Å². The van der Waals surface area contributed by atoms with Gasteiger partial charge in [0.25, 0.3) is 5.91 Å². The van der Waals surface area contributed by atoms with Gasteiger partial charge < -0.3 is 9.80 Å². The Hall–Kier alpha value is -2.99. The minimum absolute atomic E-state index is 0.0881. The van der Waals surface area contributed by atoms with E-state index in [9.17, 15) is 4.79 Å². The zero-order valence-electron chi connectivity index (χ0n) is 18.3. The van der Waals surface area contributed by atoms with Crippen molar-refractivity contribution in [1.82, 2.24) is 24.6 Å². The molecular weight excluding hydrogens is 386 g/mol. The zero-order chi connectivity index (χ0) is 21.5. The van der Waals surface area contributed by atoms with Crippen molar-refractivity contribution in [2.24, 2.45) is 0 Å². The van der Waals surface area contributed by atoms with Gasteiger partial charge in [0.2, 0.25) is 0 Å². The van der Waals surface area contributed by atoms with Gasteiger partial charge in [-0.15, -0.1) is 0 Å². The van der Waals surface area contributed by atoms with E-state index in [4.69, 9.17) is 0 Å². The Kier molecular flexibility index (Phi) is 7.10. The number of carbonyl (C=O) groups is 1. The summed E-state index contributed by atoms with van der Waals surface area (Å²) in [6.07, 6.45) is 7.45. The molecule has 1 aromatic carbocycles. The summed E-state index contributed by atoms with van der Waals surface area (Å²) in [7, 11) is 0. The van der Waals surface area contributed by atoms with Crippen molar-refractivity contribution in [3.8, 4) is 5.82 Å². The van der Waals surface area contributed by atoms with Gasteiger partial charge >= 0.3 is 0 Å². The Labute approximate surface area is 184 Å². The number of carbonyl (C=O) groups excluding carboxylic acids is 1. The molecule has 0 bridgehead atoms. The molecule has 31 heavy (non-hydrogen) atoms. The van der Waals surface area contributed by atoms with Gasteiger partial charge in [0.05, 0.1) is 17.5 Å². The van der Waals surface area contributed by atoms with E-state index < -0.39 is 0 Å². The van der Waals surface area contributed by atoms with Crippen LogP contribution in [0.15, 0.2) is 60.9 Å². The smallest absolute Gasteiger partial charge is 0.257 e. The van der Waals surface area contributed by atoms with Crippen LogP contribution in [0.5, 0.6) is 0 Å². The van der Waals surface area contributed by atoms with Gasteiger partial charge in [-0.2, -0.15) is 5.10 Å². The van der Waals surface area contributed by atoms with Gasteiger partial charge in [-0.25, -0.2) is 9.67 Å². The summed E-state index contributed by atoms with van der Waals surface area (Å²) in [6, 6.07) is 16.4. The third kappa shape index (κ3) is 5.20. The van der Waals surface area contributed by atoms with Crippen LogP contribution in [0.4, 0.5) is 0 Å². The lowest BCUT2D eigenvalue weighted by Gasteiger charge is -2.22. The van der Waals surface area contributed by atoms with Gasteiger partial charge in [0, 0.05) is 25.8 Å². The summed E-state index contributed by atoms with van der Waals surface area (Å²) in [5.74, 6) is 0.837. The first kappa shape index (κ1) is 21.2. The van der Waals surface area contributed by atoms with Crippen LogP contribution < -0.4 is 0 Å². The van der Waals surface area contributed by atoms with Crippen LogP contribution in [0, 0.1) is 0 Å². The summed E-state index contributed by atoms with van der Waals surface area (Å²) in [6.45, 7) is 6.68. The number of rotatable bonds is 7. The molecule has 162 valence electrons. The highest BCUT2D eigenvalue weighted by Crippen LogP contribution is 2.17. The van der Waals surface area contributed by atoms with Crippen LogP contribution in [0.1, 0.15) is 41.4 Å². The van der Waals surface area contributed by atoms with E-state index in [1.807, 2.05) is 23.1 Å². The molecule has 0 unspecified atom stereocenters. The fraction of sp³-hybridized carbons (Fsp3) is 0.400. The molecule has 3 heterocycles. The Morgan fingerprint density at radius 3 is 2.61 bits per heavy atom. The molecule has 1 saturated heterocycles. The maximum Gasteiger partial charge on any atom is 0.257 e. The molecule has 0 N–H and O–H groups in total. The lowest BCUT2D eigenvalue weighted by Crippen LogP contribution is -2.35. The van der Waals surface area contributed by atoms with E-state index in [2.05, 4.69) is 52.2 Å². The van der Waals surface area contributed by atoms with Crippen LogP contribution >= 0.6 is 0 Å². The van der Waals surface area contributed by atoms with Gasteiger partial charge in [-0.3, -0.25) is 4.79 Å². The monoisotopic (exact) mass is 417 g/mol. The summed E-state index contributed by atoms with van der Waals surface area (Å²) < 4.78 is 1.79. The van der Waals surface area contributed by atoms with Gasteiger partial charge in [-0.05, 0) is 56.5 Å². The fourth-order valence-electron chi connectivity index (χ4n) is 4.29. The summed E-state index contributed by atoms with van der Waals surface area (Å²) in [5.41, 5.74) is 3.02. The highest BCUT2D eigenvalue weighted by atomic mass is 16.2. The van der Waals surface area contributed by atoms with Crippen LogP contribution in [0.2, 0.25) is 0 Å². The molecule has 2 aromatic heterocycles. The molecule has 0 saturated carbocycles. The summed E-state index contributed by atoms with van der Waals surface area (Å²) in [5, 5.41) is 4.48. The van der Waals surface area contributed by atoms with Crippen LogP contribution in [-0.4, -0.2) is 63.2 Å². The molecule has 1 aliphatic heterocycles. The zero-order valence-corrected chi connectivity index (χ0v) is 18.3. The van der Waals surface area contributed by atoms with Crippen LogP contribution in [-0.2, 0) is 12.8 Å². The number of amides is 1. The van der Waals surface area contributed by atoms with Crippen molar-refractivity contribution < 1.29 is 4.79 Å². The van der Waals surface area contributed by atoms with Crippen molar-refractivity contribution >= 4 is 5.91 Å². The molecule has 1 fully saturated rings. The first-order valence-corrected chi connectivity index (χ1v) is 11.3. The Morgan fingerprint density at radius 1 is 1.00 bits per heavy atom. The SMILES string of the molecule is CCc1c(C(=O)N2CCCN(CCCc3ccccc3)CC2)cnn1-c1ccccn1. The molecule has 6 heteroatoms. The molecule has 1 aliphatic rings. The van der Waals surface area contributed by atoms with Crippen molar-refractivity contribution in [2.75, 3.05) is 32.7 Å². The van der Waals surface area contributed by atoms with E-state index in [0.29, 0.717) is 5.56 Å². The first-order valence-electron chi connectivity index (χ1n) is 11.3. The number of hydrogen-bond donors (Lipinski definition) is 0. The number of benzene rings is 1. The third-order valence-corrected chi connectivity index (χ3v) is 5.96. The number of aromatic nitrogens is 3. The molecule has 4 rings (SSSR count). The highest BCUT2D eigenvalue weighted by Gasteiger charge is 2.24. The Morgan fingerprint density at radius 2 is 1.84 bits per heavy atom. The van der Waals surface area contributed by atoms with E-state index in [1.54, 1.807) is 17.1 Å². The third-order valence-electron chi connectivity index (χ3n) is 5.96. The molecule has 0 radical (unpaired) electrons. The summed E-state index contributed by atoms with van der Waals surface area (Å²) in [4.78, 5) is 22.2. The molecule has 1 amide bonds. The van der Waals surface area contributed by atoms with E-state index in [-0.39, 0.29) is 5.91 Å². The predicted molar refractivity (Wildman–Crippen MR) is 122 cm³/mol.